The van der Waals surface area contributed by atoms with Crippen LogP contribution in [-0.2, 0) is 19.1 Å². The lowest BCUT2D eigenvalue weighted by Gasteiger charge is -2.33. The maximum Gasteiger partial charge on any atom is 0.306 e. The Bertz CT molecular complexity index is 555. The number of aliphatic carboxylic acids is 1. The van der Waals surface area contributed by atoms with Gasteiger partial charge in [-0.3, -0.25) is 9.59 Å². The number of carbonyl (C=O) groups excluding carboxylic acids is 1. The molecule has 1 aliphatic heterocycles. The molecule has 0 bridgehead atoms. The first-order chi connectivity index (χ1) is 11.4. The molecule has 132 valence electrons. The van der Waals surface area contributed by atoms with E-state index < -0.39 is 30.4 Å². The van der Waals surface area contributed by atoms with Crippen LogP contribution in [0, 0.1) is 6.92 Å². The standard InChI is InChI=1S/C17H22O7/c1-11-2-4-12(5-3-11)23-17-9-6-13(18)14(24-17)10-22-16(21)8-7-15(19)20/h2-5,13-14,17-18H,6-10H2,1H3,(H,19,20)/t13-,14?,17-/m0/s1. The van der Waals surface area contributed by atoms with E-state index in [-0.39, 0.29) is 19.4 Å². The maximum absolute atomic E-state index is 11.4. The number of hydrogen-bond donors (Lipinski definition) is 2. The molecule has 0 saturated carbocycles. The van der Waals surface area contributed by atoms with Crippen molar-refractivity contribution < 1.29 is 34.0 Å². The van der Waals surface area contributed by atoms with Crippen LogP contribution in [0.25, 0.3) is 0 Å². The summed E-state index contributed by atoms with van der Waals surface area (Å²) >= 11 is 0. The van der Waals surface area contributed by atoms with Gasteiger partial charge in [-0.15, -0.1) is 0 Å². The van der Waals surface area contributed by atoms with Crippen LogP contribution in [0.5, 0.6) is 5.75 Å². The molecule has 24 heavy (non-hydrogen) atoms. The molecule has 2 N–H and O–H groups in total. The molecule has 1 aromatic rings. The molecule has 0 spiro atoms. The molecular formula is C17H22O7. The van der Waals surface area contributed by atoms with E-state index in [1.165, 1.54) is 0 Å². The number of aliphatic hydroxyl groups excluding tert-OH is 1. The van der Waals surface area contributed by atoms with Crippen LogP contribution in [0.2, 0.25) is 0 Å². The van der Waals surface area contributed by atoms with E-state index in [1.807, 2.05) is 31.2 Å². The number of ether oxygens (including phenoxy) is 3. The third-order valence-electron chi connectivity index (χ3n) is 3.69. The van der Waals surface area contributed by atoms with E-state index in [9.17, 15) is 14.7 Å². The molecule has 2 rings (SSSR count). The highest BCUT2D eigenvalue weighted by Gasteiger charge is 2.32. The van der Waals surface area contributed by atoms with Gasteiger partial charge in [0.05, 0.1) is 18.9 Å². The summed E-state index contributed by atoms with van der Waals surface area (Å²) in [6, 6.07) is 7.53. The lowest BCUT2D eigenvalue weighted by molar-refractivity contribution is -0.203. The van der Waals surface area contributed by atoms with Gasteiger partial charge in [-0.2, -0.15) is 0 Å². The summed E-state index contributed by atoms with van der Waals surface area (Å²) in [6.07, 6.45) is -1.48. The first-order valence-corrected chi connectivity index (χ1v) is 7.88. The third-order valence-corrected chi connectivity index (χ3v) is 3.69. The van der Waals surface area contributed by atoms with Crippen molar-refractivity contribution in [1.82, 2.24) is 0 Å². The van der Waals surface area contributed by atoms with E-state index in [0.717, 1.165) is 5.56 Å². The van der Waals surface area contributed by atoms with Gasteiger partial charge in [0.15, 0.2) is 6.29 Å². The summed E-state index contributed by atoms with van der Waals surface area (Å²) in [6.45, 7) is 1.85. The molecular weight excluding hydrogens is 316 g/mol. The Morgan fingerprint density at radius 1 is 1.21 bits per heavy atom. The number of carboxylic acids is 1. The summed E-state index contributed by atoms with van der Waals surface area (Å²) in [5, 5.41) is 18.5. The van der Waals surface area contributed by atoms with Crippen molar-refractivity contribution in [3.05, 3.63) is 29.8 Å². The Morgan fingerprint density at radius 2 is 1.92 bits per heavy atom. The zero-order chi connectivity index (χ0) is 17.5. The predicted molar refractivity (Wildman–Crippen MR) is 83.5 cm³/mol. The van der Waals surface area contributed by atoms with E-state index in [2.05, 4.69) is 0 Å². The maximum atomic E-state index is 11.4. The second-order valence-electron chi connectivity index (χ2n) is 5.76. The number of rotatable bonds is 7. The van der Waals surface area contributed by atoms with Crippen molar-refractivity contribution in [2.45, 2.75) is 51.1 Å². The van der Waals surface area contributed by atoms with Crippen molar-refractivity contribution >= 4 is 11.9 Å². The van der Waals surface area contributed by atoms with Gasteiger partial charge < -0.3 is 24.4 Å². The van der Waals surface area contributed by atoms with Gasteiger partial charge in [0, 0.05) is 6.42 Å². The summed E-state index contributed by atoms with van der Waals surface area (Å²) < 4.78 is 16.3. The molecule has 1 aromatic carbocycles. The second-order valence-corrected chi connectivity index (χ2v) is 5.76. The molecule has 1 heterocycles. The molecule has 0 aliphatic carbocycles. The number of aryl methyl sites for hydroxylation is 1. The SMILES string of the molecule is Cc1ccc(O[C@@H]2CC[C@H](O)C(COC(=O)CCC(=O)O)O2)cc1. The van der Waals surface area contributed by atoms with Crippen LogP contribution >= 0.6 is 0 Å². The summed E-state index contributed by atoms with van der Waals surface area (Å²) in [7, 11) is 0. The molecule has 0 aromatic heterocycles. The van der Waals surface area contributed by atoms with Crippen molar-refractivity contribution in [2.24, 2.45) is 0 Å². The molecule has 1 saturated heterocycles. The first kappa shape index (κ1) is 18.2. The minimum atomic E-state index is -1.06. The van der Waals surface area contributed by atoms with Crippen LogP contribution < -0.4 is 4.74 Å². The monoisotopic (exact) mass is 338 g/mol. The molecule has 3 atom stereocenters. The molecule has 1 aliphatic rings. The molecule has 7 nitrogen and oxygen atoms in total. The number of aliphatic hydroxyl groups is 1. The number of hydrogen-bond acceptors (Lipinski definition) is 6. The van der Waals surface area contributed by atoms with E-state index in [4.69, 9.17) is 19.3 Å². The third kappa shape index (κ3) is 5.82. The topological polar surface area (TPSA) is 102 Å². The second kappa shape index (κ2) is 8.65. The fourth-order valence-corrected chi connectivity index (χ4v) is 2.31. The Morgan fingerprint density at radius 3 is 2.58 bits per heavy atom. The average molecular weight is 338 g/mol. The zero-order valence-corrected chi connectivity index (χ0v) is 13.5. The normalized spacial score (nSPS) is 23.5. The number of carboxylic acid groups (broad SMARTS) is 1. The van der Waals surface area contributed by atoms with E-state index in [1.54, 1.807) is 0 Å². The Kier molecular flexibility index (Phi) is 6.57. The van der Waals surface area contributed by atoms with Crippen LogP contribution in [-0.4, -0.2) is 47.3 Å². The minimum absolute atomic E-state index is 0.132. The van der Waals surface area contributed by atoms with Gasteiger partial charge in [0.1, 0.15) is 18.5 Å². The lowest BCUT2D eigenvalue weighted by Crippen LogP contribution is -2.44. The highest BCUT2D eigenvalue weighted by Crippen LogP contribution is 2.23. The number of esters is 1. The van der Waals surface area contributed by atoms with Gasteiger partial charge in [-0.25, -0.2) is 0 Å². The van der Waals surface area contributed by atoms with Crippen molar-refractivity contribution in [3.63, 3.8) is 0 Å². The number of carbonyl (C=O) groups is 2. The van der Waals surface area contributed by atoms with Gasteiger partial charge in [-0.1, -0.05) is 17.7 Å². The number of benzene rings is 1. The Balaban J connectivity index is 1.80. The van der Waals surface area contributed by atoms with Gasteiger partial charge in [-0.05, 0) is 25.5 Å². The fourth-order valence-electron chi connectivity index (χ4n) is 2.31. The zero-order valence-electron chi connectivity index (χ0n) is 13.5. The predicted octanol–water partition coefficient (Wildman–Crippen LogP) is 1.65. The fraction of sp³-hybridized carbons (Fsp3) is 0.529. The Hall–Kier alpha value is -2.12. The average Bonchev–Trinajstić information content (AvgIpc) is 2.55. The largest absolute Gasteiger partial charge is 0.481 e. The van der Waals surface area contributed by atoms with Gasteiger partial charge in [0.2, 0.25) is 0 Å². The highest BCUT2D eigenvalue weighted by molar-refractivity contribution is 5.76. The highest BCUT2D eigenvalue weighted by atomic mass is 16.7. The molecule has 7 heteroatoms. The molecule has 1 fully saturated rings. The van der Waals surface area contributed by atoms with Gasteiger partial charge >= 0.3 is 11.9 Å². The summed E-state index contributed by atoms with van der Waals surface area (Å²) in [5.74, 6) is -1.03. The van der Waals surface area contributed by atoms with Gasteiger partial charge in [0.25, 0.3) is 0 Å². The Labute approximate surface area is 140 Å². The van der Waals surface area contributed by atoms with Crippen molar-refractivity contribution in [3.8, 4) is 5.75 Å². The van der Waals surface area contributed by atoms with E-state index in [0.29, 0.717) is 18.6 Å². The van der Waals surface area contributed by atoms with Crippen LogP contribution in [0.1, 0.15) is 31.2 Å². The van der Waals surface area contributed by atoms with Crippen LogP contribution in [0.15, 0.2) is 24.3 Å². The van der Waals surface area contributed by atoms with Crippen LogP contribution in [0.4, 0.5) is 0 Å². The minimum Gasteiger partial charge on any atom is -0.481 e. The van der Waals surface area contributed by atoms with Crippen LogP contribution in [0.3, 0.4) is 0 Å². The molecule has 0 amide bonds. The molecule has 1 unspecified atom stereocenters. The first-order valence-electron chi connectivity index (χ1n) is 7.88. The quantitative estimate of drug-likeness (QED) is 0.729. The smallest absolute Gasteiger partial charge is 0.306 e. The lowest BCUT2D eigenvalue weighted by atomic mass is 10.1. The summed E-state index contributed by atoms with van der Waals surface area (Å²) in [4.78, 5) is 21.9. The van der Waals surface area contributed by atoms with E-state index >= 15 is 0 Å². The summed E-state index contributed by atoms with van der Waals surface area (Å²) in [5.41, 5.74) is 1.12. The molecule has 0 radical (unpaired) electrons. The van der Waals surface area contributed by atoms with Crippen molar-refractivity contribution in [1.29, 1.82) is 0 Å². The van der Waals surface area contributed by atoms with Crippen molar-refractivity contribution in [2.75, 3.05) is 6.61 Å².